The van der Waals surface area contributed by atoms with E-state index in [1.54, 1.807) is 0 Å². The Hall–Kier alpha value is -9.20. The van der Waals surface area contributed by atoms with Crippen molar-refractivity contribution in [3.63, 3.8) is 0 Å². The van der Waals surface area contributed by atoms with Gasteiger partial charge in [0.15, 0.2) is 16.7 Å². The number of para-hydroxylation sites is 6. The van der Waals surface area contributed by atoms with Gasteiger partial charge in [0.1, 0.15) is 39.1 Å². The van der Waals surface area contributed by atoms with Gasteiger partial charge in [-0.05, 0) is 84.3 Å². The number of aryl methyl sites for hydroxylation is 2. The molecule has 374 valence electrons. The van der Waals surface area contributed by atoms with Gasteiger partial charge in [0.25, 0.3) is 0 Å². The molecule has 0 saturated carbocycles. The van der Waals surface area contributed by atoms with Crippen molar-refractivity contribution in [3.05, 3.63) is 204 Å². The summed E-state index contributed by atoms with van der Waals surface area (Å²) >= 11 is 0. The molecular formula is C70H54N2O5. The van der Waals surface area contributed by atoms with Gasteiger partial charge in [-0.15, -0.1) is 0 Å². The standard InChI is InChI=1S/C70H54N2O5/c1-39-19-13-21-41(35-39)71(51-31-17-27-45-43-25-15-29-49(69(3,4)5)63(43)76-65(45)51)53-37-58-62(68-59(53)47-23-9-11-33-55(47)75-68)61-57(73-58)38-54(67-60(61)48-24-10-12-34-56(48)74-67)72(42-22-14-20-40(2)36-42)52-32-18-28-46-44-26-16-30-50(70(6,7)8)64(44)77-66(46)52/h9-38H,1-8H3. The number of nitrogens with zero attached hydrogens (tertiary/aromatic N) is 2. The summed E-state index contributed by atoms with van der Waals surface area (Å²) in [4.78, 5) is 4.62. The van der Waals surface area contributed by atoms with Crippen LogP contribution in [0.25, 0.3) is 110 Å². The Bertz CT molecular complexity index is 4940. The van der Waals surface area contributed by atoms with Crippen molar-refractivity contribution < 1.29 is 22.1 Å². The summed E-state index contributed by atoms with van der Waals surface area (Å²) in [6, 6.07) is 64.2. The highest BCUT2D eigenvalue weighted by Gasteiger charge is 2.32. The van der Waals surface area contributed by atoms with E-state index in [0.29, 0.717) is 16.7 Å². The largest absolute Gasteiger partial charge is 0.456 e. The predicted octanol–water partition coefficient (Wildman–Crippen LogP) is 21.3. The van der Waals surface area contributed by atoms with Crippen LogP contribution in [0, 0.1) is 13.8 Å². The number of anilines is 6. The highest BCUT2D eigenvalue weighted by molar-refractivity contribution is 6.35. The van der Waals surface area contributed by atoms with Crippen molar-refractivity contribution in [3.8, 4) is 0 Å². The molecule has 7 nitrogen and oxygen atoms in total. The molecule has 0 aliphatic carbocycles. The summed E-state index contributed by atoms with van der Waals surface area (Å²) < 4.78 is 36.1. The average molecular weight is 1000 g/mol. The zero-order valence-corrected chi connectivity index (χ0v) is 44.3. The third-order valence-electron chi connectivity index (χ3n) is 15.8. The van der Waals surface area contributed by atoms with Gasteiger partial charge in [0.2, 0.25) is 0 Å². The monoisotopic (exact) mass is 1000 g/mol. The fourth-order valence-corrected chi connectivity index (χ4v) is 12.3. The van der Waals surface area contributed by atoms with E-state index >= 15 is 0 Å². The molecule has 0 atom stereocenters. The lowest BCUT2D eigenvalue weighted by atomic mass is 9.86. The van der Waals surface area contributed by atoms with Crippen molar-refractivity contribution in [1.82, 2.24) is 0 Å². The first kappa shape index (κ1) is 45.2. The van der Waals surface area contributed by atoms with Crippen LogP contribution in [0.2, 0.25) is 0 Å². The molecule has 15 rings (SSSR count). The van der Waals surface area contributed by atoms with E-state index in [-0.39, 0.29) is 10.8 Å². The summed E-state index contributed by atoms with van der Waals surface area (Å²) in [6.45, 7) is 17.7. The molecule has 0 fully saturated rings. The molecule has 0 unspecified atom stereocenters. The summed E-state index contributed by atoms with van der Waals surface area (Å²) in [5.41, 5.74) is 17.4. The average Bonchev–Trinajstić information content (AvgIpc) is 4.37. The summed E-state index contributed by atoms with van der Waals surface area (Å²) in [5.74, 6) is 0. The fraction of sp³-hybridized carbons (Fsp3) is 0.143. The van der Waals surface area contributed by atoms with Gasteiger partial charge in [-0.25, -0.2) is 0 Å². The molecule has 7 heteroatoms. The fourth-order valence-electron chi connectivity index (χ4n) is 12.3. The Morgan fingerprint density at radius 1 is 0.286 bits per heavy atom. The minimum atomic E-state index is -0.143. The van der Waals surface area contributed by atoms with Gasteiger partial charge in [0.05, 0.1) is 33.5 Å². The second-order valence-electron chi connectivity index (χ2n) is 23.0. The maximum Gasteiger partial charge on any atom is 0.160 e. The first-order valence-electron chi connectivity index (χ1n) is 26.6. The predicted molar refractivity (Wildman–Crippen MR) is 319 cm³/mol. The maximum atomic E-state index is 7.43. The van der Waals surface area contributed by atoms with E-state index in [2.05, 4.69) is 235 Å². The summed E-state index contributed by atoms with van der Waals surface area (Å²) in [7, 11) is 0. The lowest BCUT2D eigenvalue weighted by molar-refractivity contribution is 0.572. The Morgan fingerprint density at radius 3 is 1.25 bits per heavy atom. The molecule has 0 amide bonds. The normalized spacial score (nSPS) is 12.7. The molecular weight excluding hydrogens is 949 g/mol. The third kappa shape index (κ3) is 6.69. The van der Waals surface area contributed by atoms with Crippen LogP contribution in [-0.4, -0.2) is 0 Å². The molecule has 0 saturated heterocycles. The zero-order valence-electron chi connectivity index (χ0n) is 44.3. The van der Waals surface area contributed by atoms with Gasteiger partial charge in [-0.2, -0.15) is 0 Å². The molecule has 10 aromatic carbocycles. The Labute approximate surface area is 444 Å². The number of fused-ring (bicyclic) bond motifs is 17. The van der Waals surface area contributed by atoms with Crippen molar-refractivity contribution in [2.75, 3.05) is 9.80 Å². The lowest BCUT2D eigenvalue weighted by Gasteiger charge is -2.26. The number of rotatable bonds is 6. The molecule has 5 aromatic heterocycles. The van der Waals surface area contributed by atoms with Crippen LogP contribution < -0.4 is 9.80 Å². The van der Waals surface area contributed by atoms with Crippen LogP contribution in [0.15, 0.2) is 204 Å². The van der Waals surface area contributed by atoms with Crippen LogP contribution in [0.1, 0.15) is 63.8 Å². The highest BCUT2D eigenvalue weighted by Crippen LogP contribution is 2.55. The molecule has 0 aliphatic heterocycles. The van der Waals surface area contributed by atoms with Gasteiger partial charge in [-0.3, -0.25) is 0 Å². The van der Waals surface area contributed by atoms with E-state index in [1.807, 2.05) is 12.1 Å². The number of benzene rings is 10. The second-order valence-corrected chi connectivity index (χ2v) is 23.0. The Balaban J connectivity index is 1.07. The molecule has 5 heterocycles. The van der Waals surface area contributed by atoms with Gasteiger partial charge in [-0.1, -0.05) is 163 Å². The minimum absolute atomic E-state index is 0.141. The highest BCUT2D eigenvalue weighted by atomic mass is 16.4. The molecule has 0 bridgehead atoms. The van der Waals surface area contributed by atoms with Crippen LogP contribution in [-0.2, 0) is 10.8 Å². The van der Waals surface area contributed by atoms with Gasteiger partial charge >= 0.3 is 0 Å². The quantitative estimate of drug-likeness (QED) is 0.164. The molecule has 0 N–H and O–H groups in total. The molecule has 0 radical (unpaired) electrons. The van der Waals surface area contributed by atoms with E-state index in [0.717, 1.165) is 149 Å². The lowest BCUT2D eigenvalue weighted by Crippen LogP contribution is -2.11. The van der Waals surface area contributed by atoms with E-state index in [9.17, 15) is 0 Å². The van der Waals surface area contributed by atoms with Crippen molar-refractivity contribution in [1.29, 1.82) is 0 Å². The first-order valence-corrected chi connectivity index (χ1v) is 26.6. The van der Waals surface area contributed by atoms with Crippen LogP contribution in [0.5, 0.6) is 0 Å². The SMILES string of the molecule is Cc1cccc(N(c2cccc3c2oc2c(C(C)(C)C)cccc23)c2cc3oc4cc(N(c5cccc(C)c5)c5cccc6c5oc5c(C(C)(C)C)cccc56)c5c6ccccc6oc5c4c3c3c2oc2ccccc23)c1. The zero-order chi connectivity index (χ0) is 52.2. The van der Waals surface area contributed by atoms with Crippen LogP contribution >= 0.6 is 0 Å². The van der Waals surface area contributed by atoms with Gasteiger partial charge < -0.3 is 31.9 Å². The van der Waals surface area contributed by atoms with E-state index in [4.69, 9.17) is 22.1 Å². The minimum Gasteiger partial charge on any atom is -0.456 e. The van der Waals surface area contributed by atoms with Crippen LogP contribution in [0.4, 0.5) is 34.1 Å². The Kier molecular flexibility index (Phi) is 9.49. The van der Waals surface area contributed by atoms with Crippen LogP contribution in [0.3, 0.4) is 0 Å². The number of hydrogen-bond donors (Lipinski definition) is 0. The molecule has 15 aromatic rings. The first-order chi connectivity index (χ1) is 37.3. The summed E-state index contributed by atoms with van der Waals surface area (Å²) in [6.07, 6.45) is 0. The Morgan fingerprint density at radius 2 is 0.714 bits per heavy atom. The van der Waals surface area contributed by atoms with Crippen molar-refractivity contribution in [2.45, 2.75) is 66.2 Å². The second kappa shape index (κ2) is 16.2. The van der Waals surface area contributed by atoms with E-state index in [1.165, 1.54) is 0 Å². The molecule has 0 spiro atoms. The van der Waals surface area contributed by atoms with Crippen molar-refractivity contribution in [2.24, 2.45) is 0 Å². The van der Waals surface area contributed by atoms with Gasteiger partial charge in [0, 0.05) is 77.7 Å². The third-order valence-corrected chi connectivity index (χ3v) is 15.8. The van der Waals surface area contributed by atoms with Crippen molar-refractivity contribution >= 4 is 144 Å². The number of hydrogen-bond acceptors (Lipinski definition) is 7. The smallest absolute Gasteiger partial charge is 0.160 e. The molecule has 77 heavy (non-hydrogen) atoms. The molecule has 0 aliphatic rings. The number of furan rings is 5. The van der Waals surface area contributed by atoms with E-state index < -0.39 is 0 Å². The topological polar surface area (TPSA) is 72.2 Å². The summed E-state index contributed by atoms with van der Waals surface area (Å²) in [5, 5.41) is 9.89. The maximum absolute atomic E-state index is 7.43.